The topological polar surface area (TPSA) is 84.8 Å². The zero-order chi connectivity index (χ0) is 19.3. The van der Waals surface area contributed by atoms with E-state index in [4.69, 9.17) is 4.74 Å². The fraction of sp³-hybridized carbons (Fsp3) is 0.263. The van der Waals surface area contributed by atoms with E-state index in [1.165, 1.54) is 12.1 Å². The number of benzene rings is 2. The molecule has 0 fully saturated rings. The van der Waals surface area contributed by atoms with Crippen LogP contribution in [0, 0.1) is 13.8 Å². The molecule has 0 spiro atoms. The van der Waals surface area contributed by atoms with Crippen LogP contribution in [0.2, 0.25) is 0 Å². The Morgan fingerprint density at radius 3 is 2.19 bits per heavy atom. The van der Waals surface area contributed by atoms with Gasteiger partial charge in [0.15, 0.2) is 16.4 Å². The van der Waals surface area contributed by atoms with Gasteiger partial charge in [-0.05, 0) is 61.7 Å². The van der Waals surface area contributed by atoms with Gasteiger partial charge in [0.1, 0.15) is 5.75 Å². The van der Waals surface area contributed by atoms with Crippen molar-refractivity contribution in [2.45, 2.75) is 25.7 Å². The zero-order valence-electron chi connectivity index (χ0n) is 15.2. The van der Waals surface area contributed by atoms with Crippen molar-refractivity contribution in [2.75, 3.05) is 12.9 Å². The van der Waals surface area contributed by atoms with Gasteiger partial charge >= 0.3 is 0 Å². The van der Waals surface area contributed by atoms with Crippen LogP contribution >= 0.6 is 0 Å². The third-order valence-electron chi connectivity index (χ3n) is 3.61. The van der Waals surface area contributed by atoms with Crippen LogP contribution < -0.4 is 10.2 Å². The fourth-order valence-electron chi connectivity index (χ4n) is 2.35. The van der Waals surface area contributed by atoms with Gasteiger partial charge in [0.05, 0.1) is 10.6 Å². The Labute approximate surface area is 153 Å². The minimum absolute atomic E-state index is 0.146. The molecule has 2 aromatic rings. The van der Waals surface area contributed by atoms with E-state index in [0.717, 1.165) is 17.4 Å². The first-order chi connectivity index (χ1) is 12.1. The third-order valence-corrected chi connectivity index (χ3v) is 4.74. The summed E-state index contributed by atoms with van der Waals surface area (Å²) in [6.07, 6.45) is 1.15. The average molecular weight is 374 g/mol. The van der Waals surface area contributed by atoms with Crippen molar-refractivity contribution in [2.24, 2.45) is 5.10 Å². The lowest BCUT2D eigenvalue weighted by atomic mass is 10.1. The fourth-order valence-corrected chi connectivity index (χ4v) is 2.98. The molecule has 2 aromatic carbocycles. The summed E-state index contributed by atoms with van der Waals surface area (Å²) in [6.45, 7) is 5.50. The first-order valence-corrected chi connectivity index (χ1v) is 9.89. The second kappa shape index (κ2) is 8.14. The third kappa shape index (κ3) is 5.70. The first-order valence-electron chi connectivity index (χ1n) is 8.00. The standard InChI is InChI=1S/C19H22N2O4S/c1-13-9-14(2)11-17(10-13)25-12-19(22)21-20-15(3)16-5-7-18(8-6-16)26(4,23)24/h5-11H,12H2,1-4H3,(H,21,22)/b20-15-. The Morgan fingerprint density at radius 2 is 1.65 bits per heavy atom. The molecule has 0 radical (unpaired) electrons. The number of ether oxygens (including phenoxy) is 1. The normalized spacial score (nSPS) is 11.9. The highest BCUT2D eigenvalue weighted by molar-refractivity contribution is 7.90. The Morgan fingerprint density at radius 1 is 1.08 bits per heavy atom. The van der Waals surface area contributed by atoms with Crippen LogP contribution in [0.15, 0.2) is 52.5 Å². The van der Waals surface area contributed by atoms with Crippen LogP contribution in [0.1, 0.15) is 23.6 Å². The molecule has 138 valence electrons. The van der Waals surface area contributed by atoms with E-state index in [-0.39, 0.29) is 17.4 Å². The molecular formula is C19H22N2O4S. The average Bonchev–Trinajstić information content (AvgIpc) is 2.56. The number of hydrazone groups is 1. The number of carbonyl (C=O) groups excluding carboxylic acids is 1. The quantitative estimate of drug-likeness (QED) is 0.622. The van der Waals surface area contributed by atoms with Gasteiger partial charge in [0.2, 0.25) is 0 Å². The first kappa shape index (κ1) is 19.7. The van der Waals surface area contributed by atoms with Gasteiger partial charge in [-0.2, -0.15) is 5.10 Å². The maximum absolute atomic E-state index is 11.9. The second-order valence-corrected chi connectivity index (χ2v) is 8.16. The predicted octanol–water partition coefficient (Wildman–Crippen LogP) is 2.63. The highest BCUT2D eigenvalue weighted by Crippen LogP contribution is 2.16. The van der Waals surface area contributed by atoms with Crippen molar-refractivity contribution in [3.8, 4) is 5.75 Å². The van der Waals surface area contributed by atoms with Gasteiger partial charge in [-0.15, -0.1) is 0 Å². The smallest absolute Gasteiger partial charge is 0.277 e. The number of amides is 1. The number of nitrogens with zero attached hydrogens (tertiary/aromatic N) is 1. The summed E-state index contributed by atoms with van der Waals surface area (Å²) >= 11 is 0. The molecule has 0 atom stereocenters. The molecule has 0 aliphatic heterocycles. The Balaban J connectivity index is 1.94. The lowest BCUT2D eigenvalue weighted by molar-refractivity contribution is -0.123. The van der Waals surface area contributed by atoms with Crippen LogP contribution in [-0.2, 0) is 14.6 Å². The van der Waals surface area contributed by atoms with E-state index in [1.54, 1.807) is 19.1 Å². The number of aryl methyl sites for hydroxylation is 2. The van der Waals surface area contributed by atoms with E-state index in [0.29, 0.717) is 17.0 Å². The van der Waals surface area contributed by atoms with Gasteiger partial charge < -0.3 is 4.74 Å². The number of hydrogen-bond acceptors (Lipinski definition) is 5. The molecule has 0 saturated carbocycles. The number of nitrogens with one attached hydrogen (secondary N) is 1. The summed E-state index contributed by atoms with van der Waals surface area (Å²) in [6, 6.07) is 12.1. The van der Waals surface area contributed by atoms with Crippen molar-refractivity contribution in [3.63, 3.8) is 0 Å². The van der Waals surface area contributed by atoms with Gasteiger partial charge in [-0.3, -0.25) is 4.79 Å². The lowest BCUT2D eigenvalue weighted by Crippen LogP contribution is -2.25. The number of hydrogen-bond donors (Lipinski definition) is 1. The van der Waals surface area contributed by atoms with Crippen molar-refractivity contribution in [1.29, 1.82) is 0 Å². The zero-order valence-corrected chi connectivity index (χ0v) is 16.1. The predicted molar refractivity (Wildman–Crippen MR) is 101 cm³/mol. The minimum Gasteiger partial charge on any atom is -0.484 e. The molecule has 0 aliphatic rings. The summed E-state index contributed by atoms with van der Waals surface area (Å²) in [5.74, 6) is 0.256. The van der Waals surface area contributed by atoms with E-state index in [2.05, 4.69) is 10.5 Å². The molecule has 1 N–H and O–H groups in total. The molecule has 0 saturated heterocycles. The summed E-state index contributed by atoms with van der Waals surface area (Å²) in [7, 11) is -3.24. The summed E-state index contributed by atoms with van der Waals surface area (Å²) in [5.41, 5.74) is 5.83. The SMILES string of the molecule is C/C(=N/NC(=O)COc1cc(C)cc(C)c1)c1ccc(S(C)(=O)=O)cc1. The van der Waals surface area contributed by atoms with E-state index in [1.807, 2.05) is 32.0 Å². The molecule has 0 aromatic heterocycles. The molecule has 0 aliphatic carbocycles. The lowest BCUT2D eigenvalue weighted by Gasteiger charge is -2.08. The van der Waals surface area contributed by atoms with Crippen molar-refractivity contribution < 1.29 is 17.9 Å². The molecular weight excluding hydrogens is 352 g/mol. The maximum atomic E-state index is 11.9. The van der Waals surface area contributed by atoms with Crippen LogP contribution in [0.25, 0.3) is 0 Å². The van der Waals surface area contributed by atoms with Gasteiger partial charge in [0, 0.05) is 6.26 Å². The van der Waals surface area contributed by atoms with Crippen LogP contribution in [0.4, 0.5) is 0 Å². The highest BCUT2D eigenvalue weighted by atomic mass is 32.2. The monoisotopic (exact) mass is 374 g/mol. The summed E-state index contributed by atoms with van der Waals surface area (Å²) < 4.78 is 28.4. The molecule has 0 unspecified atom stereocenters. The van der Waals surface area contributed by atoms with Crippen LogP contribution in [0.3, 0.4) is 0 Å². The number of rotatable bonds is 6. The van der Waals surface area contributed by atoms with E-state index < -0.39 is 9.84 Å². The Kier molecular flexibility index (Phi) is 6.15. The second-order valence-electron chi connectivity index (χ2n) is 6.14. The largest absolute Gasteiger partial charge is 0.484 e. The molecule has 2 rings (SSSR count). The molecule has 1 amide bonds. The van der Waals surface area contributed by atoms with E-state index >= 15 is 0 Å². The molecule has 6 nitrogen and oxygen atoms in total. The summed E-state index contributed by atoms with van der Waals surface area (Å²) in [5, 5.41) is 4.02. The molecule has 7 heteroatoms. The maximum Gasteiger partial charge on any atom is 0.277 e. The molecule has 0 heterocycles. The number of sulfone groups is 1. The highest BCUT2D eigenvalue weighted by Gasteiger charge is 2.08. The van der Waals surface area contributed by atoms with Crippen molar-refractivity contribution in [1.82, 2.24) is 5.43 Å². The minimum atomic E-state index is -3.24. The van der Waals surface area contributed by atoms with Crippen LogP contribution in [-0.4, -0.2) is 32.9 Å². The molecule has 0 bridgehead atoms. The van der Waals surface area contributed by atoms with Crippen molar-refractivity contribution >= 4 is 21.5 Å². The molecule has 26 heavy (non-hydrogen) atoms. The van der Waals surface area contributed by atoms with Crippen molar-refractivity contribution in [3.05, 3.63) is 59.2 Å². The Hall–Kier alpha value is -2.67. The van der Waals surface area contributed by atoms with Gasteiger partial charge in [0.25, 0.3) is 5.91 Å². The number of carbonyl (C=O) groups is 1. The van der Waals surface area contributed by atoms with E-state index in [9.17, 15) is 13.2 Å². The summed E-state index contributed by atoms with van der Waals surface area (Å²) in [4.78, 5) is 12.1. The van der Waals surface area contributed by atoms with Gasteiger partial charge in [-0.1, -0.05) is 18.2 Å². The Bertz CT molecular complexity index is 912. The van der Waals surface area contributed by atoms with Crippen LogP contribution in [0.5, 0.6) is 5.75 Å². The van der Waals surface area contributed by atoms with Gasteiger partial charge in [-0.25, -0.2) is 13.8 Å².